The maximum atomic E-state index is 11.3. The molecule has 6 heteroatoms. The normalized spacial score (nSPS) is 11.2. The van der Waals surface area contributed by atoms with Crippen LogP contribution in [0.4, 0.5) is 0 Å². The van der Waals surface area contributed by atoms with Crippen LogP contribution in [0.5, 0.6) is 0 Å². The Labute approximate surface area is 174 Å². The predicted octanol–water partition coefficient (Wildman–Crippen LogP) is 4.36. The number of nitrogens with zero attached hydrogens (tertiary/aromatic N) is 2. The number of fused-ring (bicyclic) bond motifs is 1. The van der Waals surface area contributed by atoms with E-state index in [9.17, 15) is 4.79 Å². The molecule has 1 heterocycles. The molecular weight excluding hydrogens is 455 g/mol. The van der Waals surface area contributed by atoms with E-state index in [1.165, 1.54) is 51.6 Å². The van der Waals surface area contributed by atoms with Gasteiger partial charge >= 0.3 is 156 Å². The summed E-state index contributed by atoms with van der Waals surface area (Å²) in [5.41, 5.74) is 12.1. The summed E-state index contributed by atoms with van der Waals surface area (Å²) < 4.78 is 5.84. The smallest absolute Gasteiger partial charge is 0.0106 e. The van der Waals surface area contributed by atoms with Crippen LogP contribution in [-0.2, 0) is 0 Å². The Kier molecular flexibility index (Phi) is 11.6. The molecule has 28 heavy (non-hydrogen) atoms. The van der Waals surface area contributed by atoms with Gasteiger partial charge in [0.15, 0.2) is 0 Å². The summed E-state index contributed by atoms with van der Waals surface area (Å²) in [7, 11) is 0. The minimum Gasteiger partial charge on any atom is -0.331 e. The first kappa shape index (κ1) is 24.8. The second-order valence-electron chi connectivity index (χ2n) is 7.47. The molecule has 1 aromatic carbocycles. The largest absolute Gasteiger partial charge is 0.331 e. The number of unbranched alkanes of at least 4 members (excludes halogenated alkanes) is 2. The maximum absolute atomic E-state index is 11.3. The third-order valence-electron chi connectivity index (χ3n) is 5.15. The van der Waals surface area contributed by atoms with Gasteiger partial charge in [-0.25, -0.2) is 0 Å². The summed E-state index contributed by atoms with van der Waals surface area (Å²) in [6.07, 6.45) is 7.99. The summed E-state index contributed by atoms with van der Waals surface area (Å²) in [6, 6.07) is 6.59. The molecule has 156 valence electrons. The van der Waals surface area contributed by atoms with Crippen LogP contribution in [0.25, 0.3) is 11.0 Å². The fraction of sp³-hybridized carbons (Fsp3) is 0.591. The molecule has 4 N–H and O–H groups in total. The molecule has 0 aliphatic heterocycles. The molecule has 0 spiro atoms. The molecule has 1 aromatic heterocycles. The van der Waals surface area contributed by atoms with Crippen LogP contribution >= 0.6 is 0 Å². The van der Waals surface area contributed by atoms with Crippen molar-refractivity contribution in [2.24, 2.45) is 11.5 Å². The quantitative estimate of drug-likeness (QED) is 0.481. The Bertz CT molecular complexity index is 728. The third-order valence-corrected chi connectivity index (χ3v) is 21.2. The first-order valence-electron chi connectivity index (χ1n) is 10.7. The number of benzene rings is 1. The SMILES string of the molecule is CCC[CH2][Sn]([CH2]CC)([CH2]CCC)[c]1ccc2nc(C(N)=O)cnc2c1.CCN. The summed E-state index contributed by atoms with van der Waals surface area (Å²) in [6.45, 7) is 9.56. The van der Waals surface area contributed by atoms with E-state index in [2.05, 4.69) is 42.9 Å². The van der Waals surface area contributed by atoms with Gasteiger partial charge < -0.3 is 5.73 Å². The zero-order chi connectivity index (χ0) is 21.0. The molecule has 0 aliphatic rings. The molecule has 2 rings (SSSR count). The average Bonchev–Trinajstić information content (AvgIpc) is 2.70. The summed E-state index contributed by atoms with van der Waals surface area (Å²) in [5.74, 6) is -0.524. The number of aromatic nitrogens is 2. The van der Waals surface area contributed by atoms with Gasteiger partial charge in [0.1, 0.15) is 0 Å². The Balaban J connectivity index is 0.00000122. The predicted molar refractivity (Wildman–Crippen MR) is 123 cm³/mol. The first-order chi connectivity index (χ1) is 13.5. The summed E-state index contributed by atoms with van der Waals surface area (Å²) in [4.78, 5) is 20.1. The van der Waals surface area contributed by atoms with Gasteiger partial charge in [0, 0.05) is 0 Å². The van der Waals surface area contributed by atoms with E-state index >= 15 is 0 Å². The third kappa shape index (κ3) is 6.99. The number of primary amides is 1. The number of nitrogens with two attached hydrogens (primary N) is 2. The van der Waals surface area contributed by atoms with Crippen molar-refractivity contribution in [3.05, 3.63) is 30.1 Å². The van der Waals surface area contributed by atoms with Crippen molar-refractivity contribution in [1.29, 1.82) is 0 Å². The molecule has 0 bridgehead atoms. The Morgan fingerprint density at radius 3 is 2.07 bits per heavy atom. The van der Waals surface area contributed by atoms with Gasteiger partial charge in [-0.05, 0) is 6.54 Å². The molecule has 0 atom stereocenters. The fourth-order valence-corrected chi connectivity index (χ4v) is 19.5. The zero-order valence-corrected chi connectivity index (χ0v) is 21.0. The van der Waals surface area contributed by atoms with Crippen LogP contribution < -0.4 is 15.0 Å². The summed E-state index contributed by atoms with van der Waals surface area (Å²) >= 11 is -2.42. The minimum absolute atomic E-state index is 0.237. The number of hydrogen-bond donors (Lipinski definition) is 2. The summed E-state index contributed by atoms with van der Waals surface area (Å²) in [5, 5.41) is 0. The molecule has 2 aromatic rings. The molecule has 0 unspecified atom stereocenters. The monoisotopic (exact) mass is 494 g/mol. The van der Waals surface area contributed by atoms with Gasteiger partial charge in [0.2, 0.25) is 0 Å². The van der Waals surface area contributed by atoms with Crippen molar-refractivity contribution < 1.29 is 4.79 Å². The van der Waals surface area contributed by atoms with Crippen LogP contribution in [0.1, 0.15) is 70.3 Å². The number of carbonyl (C=O) groups is 1. The van der Waals surface area contributed by atoms with E-state index in [1.807, 2.05) is 13.0 Å². The molecule has 0 fully saturated rings. The molecule has 0 radical (unpaired) electrons. The Hall–Kier alpha value is -1.21. The minimum atomic E-state index is -2.42. The molecular formula is C22H38N4OSn. The van der Waals surface area contributed by atoms with Crippen molar-refractivity contribution in [3.63, 3.8) is 0 Å². The van der Waals surface area contributed by atoms with Gasteiger partial charge in [0.25, 0.3) is 0 Å². The molecule has 1 amide bonds. The topological polar surface area (TPSA) is 94.9 Å². The van der Waals surface area contributed by atoms with E-state index in [0.717, 1.165) is 17.6 Å². The van der Waals surface area contributed by atoms with Crippen molar-refractivity contribution >= 4 is 38.9 Å². The molecule has 0 aliphatic carbocycles. The number of hydrogen-bond acceptors (Lipinski definition) is 4. The van der Waals surface area contributed by atoms with Crippen LogP contribution in [-0.4, -0.2) is 40.8 Å². The van der Waals surface area contributed by atoms with Gasteiger partial charge in [-0.1, -0.05) is 6.92 Å². The van der Waals surface area contributed by atoms with Crippen LogP contribution in [0, 0.1) is 0 Å². The van der Waals surface area contributed by atoms with Crippen molar-refractivity contribution in [2.75, 3.05) is 6.54 Å². The standard InChI is InChI=1S/C9H6N3O.2C4H9.C3H7.C2H7N.Sn/c10-9(13)8-5-11-6-3-1-2-4-7(6)12-8;2*1-3-4-2;1-3-2;1-2-3;/h2-5H,(H2,10,13);2*1,3-4H2,2H3;1,3H2,2H3;2-3H2,1H3;. The Morgan fingerprint density at radius 1 is 0.964 bits per heavy atom. The van der Waals surface area contributed by atoms with E-state index in [-0.39, 0.29) is 5.69 Å². The molecule has 0 saturated carbocycles. The van der Waals surface area contributed by atoms with E-state index in [1.54, 1.807) is 3.58 Å². The van der Waals surface area contributed by atoms with Crippen molar-refractivity contribution in [2.45, 2.75) is 73.1 Å². The van der Waals surface area contributed by atoms with Gasteiger partial charge in [-0.2, -0.15) is 0 Å². The molecule has 5 nitrogen and oxygen atoms in total. The van der Waals surface area contributed by atoms with Crippen LogP contribution in [0.15, 0.2) is 24.4 Å². The van der Waals surface area contributed by atoms with Crippen molar-refractivity contribution in [1.82, 2.24) is 9.97 Å². The average molecular weight is 493 g/mol. The number of carbonyl (C=O) groups excluding carboxylic acids is 1. The second-order valence-corrected chi connectivity index (χ2v) is 20.7. The first-order valence-corrected chi connectivity index (χ1v) is 18.2. The number of rotatable bonds is 10. The van der Waals surface area contributed by atoms with E-state index in [0.29, 0.717) is 0 Å². The van der Waals surface area contributed by atoms with Crippen molar-refractivity contribution in [3.8, 4) is 0 Å². The zero-order valence-electron chi connectivity index (χ0n) is 18.1. The Morgan fingerprint density at radius 2 is 1.57 bits per heavy atom. The van der Waals surface area contributed by atoms with E-state index in [4.69, 9.17) is 11.5 Å². The van der Waals surface area contributed by atoms with Gasteiger partial charge in [-0.15, -0.1) is 0 Å². The second kappa shape index (κ2) is 13.1. The number of amides is 1. The van der Waals surface area contributed by atoms with E-state index < -0.39 is 24.3 Å². The van der Waals surface area contributed by atoms with Gasteiger partial charge in [-0.3, -0.25) is 0 Å². The maximum Gasteiger partial charge on any atom is -0.0106 e. The van der Waals surface area contributed by atoms with Crippen LogP contribution in [0.2, 0.25) is 13.3 Å². The fourth-order valence-electron chi connectivity index (χ4n) is 3.78. The van der Waals surface area contributed by atoms with Gasteiger partial charge in [0.05, 0.1) is 0 Å². The van der Waals surface area contributed by atoms with Crippen LogP contribution in [0.3, 0.4) is 0 Å². The molecule has 0 saturated heterocycles.